The third kappa shape index (κ3) is 3.45. The van der Waals surface area contributed by atoms with Crippen LogP contribution in [0.2, 0.25) is 0 Å². The van der Waals surface area contributed by atoms with Crippen molar-refractivity contribution in [2.24, 2.45) is 5.73 Å². The van der Waals surface area contributed by atoms with Crippen LogP contribution in [0.1, 0.15) is 18.1 Å². The summed E-state index contributed by atoms with van der Waals surface area (Å²) in [5.74, 6) is 1.85. The molecule has 0 bridgehead atoms. The lowest BCUT2D eigenvalue weighted by atomic mass is 10.1. The molecule has 100 valence electrons. The number of hydrogen-bond acceptors (Lipinski definition) is 4. The molecule has 0 radical (unpaired) electrons. The highest BCUT2D eigenvalue weighted by Crippen LogP contribution is 2.26. The van der Waals surface area contributed by atoms with Crippen molar-refractivity contribution in [2.45, 2.75) is 20.4 Å². The van der Waals surface area contributed by atoms with Gasteiger partial charge in [-0.2, -0.15) is 4.98 Å². The number of nitrogens with two attached hydrogens (primary N) is 1. The molecular weight excluding hydrogens is 240 g/mol. The summed E-state index contributed by atoms with van der Waals surface area (Å²) < 4.78 is 11.1. The fourth-order valence-corrected chi connectivity index (χ4v) is 1.68. The molecule has 1 aromatic heterocycles. The van der Waals surface area contributed by atoms with Gasteiger partial charge in [0.05, 0.1) is 6.61 Å². The number of nitrogens with zero attached hydrogens (tertiary/aromatic N) is 1. The van der Waals surface area contributed by atoms with Crippen LogP contribution in [-0.2, 0) is 6.54 Å². The minimum atomic E-state index is 0.489. The van der Waals surface area contributed by atoms with Crippen LogP contribution in [0, 0.1) is 6.92 Å². The van der Waals surface area contributed by atoms with Gasteiger partial charge in [0, 0.05) is 18.7 Å². The number of ether oxygens (including phenoxy) is 2. The Hall–Kier alpha value is -2.07. The molecule has 1 heterocycles. The molecule has 19 heavy (non-hydrogen) atoms. The lowest BCUT2D eigenvalue weighted by molar-refractivity contribution is 0.321. The molecule has 0 aliphatic carbocycles. The molecule has 0 atom stereocenters. The first-order chi connectivity index (χ1) is 9.22. The van der Waals surface area contributed by atoms with Gasteiger partial charge in [-0.15, -0.1) is 0 Å². The van der Waals surface area contributed by atoms with Gasteiger partial charge in [0.15, 0.2) is 0 Å². The lowest BCUT2D eigenvalue weighted by Crippen LogP contribution is -1.99. The number of hydrogen-bond donors (Lipinski definition) is 1. The van der Waals surface area contributed by atoms with Gasteiger partial charge in [0.2, 0.25) is 11.8 Å². The molecule has 2 aromatic rings. The molecule has 0 saturated carbocycles. The van der Waals surface area contributed by atoms with E-state index in [0.29, 0.717) is 24.9 Å². The Labute approximate surface area is 113 Å². The molecule has 0 unspecified atom stereocenters. The van der Waals surface area contributed by atoms with Crippen LogP contribution in [0.4, 0.5) is 0 Å². The largest absolute Gasteiger partial charge is 0.478 e. The molecule has 2 N–H and O–H groups in total. The Morgan fingerprint density at radius 3 is 2.68 bits per heavy atom. The zero-order chi connectivity index (χ0) is 13.7. The zero-order valence-corrected chi connectivity index (χ0v) is 11.2. The summed E-state index contributed by atoms with van der Waals surface area (Å²) in [4.78, 5) is 4.28. The van der Waals surface area contributed by atoms with E-state index in [1.807, 2.05) is 38.1 Å². The first kappa shape index (κ1) is 13.4. The van der Waals surface area contributed by atoms with Crippen LogP contribution < -0.4 is 15.2 Å². The van der Waals surface area contributed by atoms with Gasteiger partial charge in [-0.25, -0.2) is 0 Å². The van der Waals surface area contributed by atoms with Gasteiger partial charge in [0.25, 0.3) is 0 Å². The average molecular weight is 258 g/mol. The predicted octanol–water partition coefficient (Wildman–Crippen LogP) is 3.04. The number of rotatable bonds is 5. The van der Waals surface area contributed by atoms with Gasteiger partial charge >= 0.3 is 0 Å². The van der Waals surface area contributed by atoms with Crippen molar-refractivity contribution in [3.63, 3.8) is 0 Å². The number of benzene rings is 1. The van der Waals surface area contributed by atoms with E-state index in [-0.39, 0.29) is 0 Å². The van der Waals surface area contributed by atoms with E-state index < -0.39 is 0 Å². The lowest BCUT2D eigenvalue weighted by Gasteiger charge is -2.10. The monoisotopic (exact) mass is 258 g/mol. The van der Waals surface area contributed by atoms with E-state index in [1.54, 1.807) is 12.1 Å². The molecule has 4 nitrogen and oxygen atoms in total. The highest BCUT2D eigenvalue weighted by atomic mass is 16.5. The quantitative estimate of drug-likeness (QED) is 0.895. The van der Waals surface area contributed by atoms with Crippen LogP contribution in [0.15, 0.2) is 36.4 Å². The van der Waals surface area contributed by atoms with Crippen molar-refractivity contribution in [1.82, 2.24) is 4.98 Å². The van der Waals surface area contributed by atoms with Crippen molar-refractivity contribution in [2.75, 3.05) is 6.61 Å². The molecule has 0 aliphatic rings. The maximum atomic E-state index is 5.79. The van der Waals surface area contributed by atoms with Crippen molar-refractivity contribution in [3.05, 3.63) is 47.5 Å². The SMILES string of the molecule is CCOc1cccc(Oc2cc(CN)ccc2C)n1. The fraction of sp³-hybridized carbons (Fsp3) is 0.267. The highest BCUT2D eigenvalue weighted by Gasteiger charge is 2.05. The summed E-state index contributed by atoms with van der Waals surface area (Å²) in [5.41, 5.74) is 7.71. The number of aryl methyl sites for hydroxylation is 1. The minimum absolute atomic E-state index is 0.489. The summed E-state index contributed by atoms with van der Waals surface area (Å²) in [7, 11) is 0. The van der Waals surface area contributed by atoms with E-state index in [4.69, 9.17) is 15.2 Å². The van der Waals surface area contributed by atoms with Crippen LogP contribution in [0.5, 0.6) is 17.5 Å². The maximum Gasteiger partial charge on any atom is 0.222 e. The van der Waals surface area contributed by atoms with Gasteiger partial charge in [-0.05, 0) is 31.0 Å². The molecule has 0 aliphatic heterocycles. The molecule has 1 aromatic carbocycles. The smallest absolute Gasteiger partial charge is 0.222 e. The van der Waals surface area contributed by atoms with E-state index >= 15 is 0 Å². The minimum Gasteiger partial charge on any atom is -0.478 e. The van der Waals surface area contributed by atoms with E-state index in [1.165, 1.54) is 0 Å². The second kappa shape index (κ2) is 6.20. The summed E-state index contributed by atoms with van der Waals surface area (Å²) in [6.07, 6.45) is 0. The molecule has 4 heteroatoms. The Morgan fingerprint density at radius 2 is 1.95 bits per heavy atom. The first-order valence-corrected chi connectivity index (χ1v) is 6.30. The highest BCUT2D eigenvalue weighted by molar-refractivity contribution is 5.39. The molecule has 0 spiro atoms. The van der Waals surface area contributed by atoms with Crippen molar-refractivity contribution in [3.8, 4) is 17.5 Å². The second-order valence-corrected chi connectivity index (χ2v) is 4.15. The first-order valence-electron chi connectivity index (χ1n) is 6.30. The maximum absolute atomic E-state index is 5.79. The molecule has 0 fully saturated rings. The number of pyridine rings is 1. The molecule has 0 saturated heterocycles. The van der Waals surface area contributed by atoms with Gasteiger partial charge in [-0.3, -0.25) is 0 Å². The van der Waals surface area contributed by atoms with Gasteiger partial charge < -0.3 is 15.2 Å². The van der Waals surface area contributed by atoms with Gasteiger partial charge in [0.1, 0.15) is 5.75 Å². The predicted molar refractivity (Wildman–Crippen MR) is 74.6 cm³/mol. The summed E-state index contributed by atoms with van der Waals surface area (Å²) >= 11 is 0. The average Bonchev–Trinajstić information content (AvgIpc) is 2.42. The summed E-state index contributed by atoms with van der Waals surface area (Å²) in [5, 5.41) is 0. The van der Waals surface area contributed by atoms with Crippen LogP contribution in [0.25, 0.3) is 0 Å². The third-order valence-electron chi connectivity index (χ3n) is 2.69. The normalized spacial score (nSPS) is 10.3. The third-order valence-corrected chi connectivity index (χ3v) is 2.69. The number of aromatic nitrogens is 1. The molecule has 2 rings (SSSR count). The van der Waals surface area contributed by atoms with Gasteiger partial charge in [-0.1, -0.05) is 18.2 Å². The fourth-order valence-electron chi connectivity index (χ4n) is 1.68. The molecular formula is C15H18N2O2. The second-order valence-electron chi connectivity index (χ2n) is 4.15. The summed E-state index contributed by atoms with van der Waals surface area (Å²) in [6, 6.07) is 11.4. The Kier molecular flexibility index (Phi) is 4.36. The van der Waals surface area contributed by atoms with Crippen LogP contribution >= 0.6 is 0 Å². The van der Waals surface area contributed by atoms with Crippen LogP contribution in [0.3, 0.4) is 0 Å². The Bertz CT molecular complexity index is 556. The Morgan fingerprint density at radius 1 is 1.16 bits per heavy atom. The Balaban J connectivity index is 2.22. The standard InChI is InChI=1S/C15H18N2O2/c1-3-18-14-5-4-6-15(17-14)19-13-9-12(10-16)8-7-11(13)2/h4-9H,3,10,16H2,1-2H3. The van der Waals surface area contributed by atoms with Crippen molar-refractivity contribution < 1.29 is 9.47 Å². The molecule has 0 amide bonds. The topological polar surface area (TPSA) is 57.4 Å². The van der Waals surface area contributed by atoms with Crippen molar-refractivity contribution in [1.29, 1.82) is 0 Å². The summed E-state index contributed by atoms with van der Waals surface area (Å²) in [6.45, 7) is 4.98. The van der Waals surface area contributed by atoms with E-state index in [9.17, 15) is 0 Å². The van der Waals surface area contributed by atoms with Crippen LogP contribution in [-0.4, -0.2) is 11.6 Å². The van der Waals surface area contributed by atoms with E-state index in [0.717, 1.165) is 16.9 Å². The zero-order valence-electron chi connectivity index (χ0n) is 11.2. The van der Waals surface area contributed by atoms with Crippen molar-refractivity contribution >= 4 is 0 Å². The van der Waals surface area contributed by atoms with E-state index in [2.05, 4.69) is 4.98 Å².